The molecule has 0 saturated carbocycles. The molecule has 10 heteroatoms. The van der Waals surface area contributed by atoms with Gasteiger partial charge in [0.05, 0.1) is 0 Å². The van der Waals surface area contributed by atoms with Crippen LogP contribution in [0.2, 0.25) is 0 Å². The summed E-state index contributed by atoms with van der Waals surface area (Å²) in [7, 11) is -9.82. The van der Waals surface area contributed by atoms with Crippen molar-refractivity contribution in [3.63, 3.8) is 0 Å². The molecule has 0 aromatic heterocycles. The van der Waals surface area contributed by atoms with Crippen LogP contribution >= 0.6 is 10.2 Å². The van der Waals surface area contributed by atoms with E-state index in [1.807, 2.05) is 5.32 Å². The van der Waals surface area contributed by atoms with Crippen molar-refractivity contribution < 1.29 is 33.8 Å². The number of carbonyl (C=O) groups excluding carboxylic acids is 2. The van der Waals surface area contributed by atoms with E-state index in [9.17, 15) is 29.0 Å². The van der Waals surface area contributed by atoms with Crippen LogP contribution in [0, 0.1) is 0 Å². The van der Waals surface area contributed by atoms with Crippen molar-refractivity contribution >= 4 is 28.1 Å². The van der Waals surface area contributed by atoms with Gasteiger partial charge >= 0.3 is 10.2 Å². The highest BCUT2D eigenvalue weighted by atomic mass is 32.5. The summed E-state index contributed by atoms with van der Waals surface area (Å²) in [6, 6.07) is 7.94. The smallest absolute Gasteiger partial charge is 0.310 e. The first kappa shape index (κ1) is 18.7. The third-order valence-corrected chi connectivity index (χ3v) is 4.09. The first-order valence-electron chi connectivity index (χ1n) is 6.69. The average Bonchev–Trinajstić information content (AvgIpc) is 2.51. The summed E-state index contributed by atoms with van der Waals surface area (Å²) >= 11 is 0. The molecule has 0 radical (unpaired) electrons. The molecule has 4 nitrogen and oxygen atoms in total. The minimum absolute atomic E-state index is 0.165. The van der Waals surface area contributed by atoms with Crippen LogP contribution in [0.3, 0.4) is 0 Å². The molecule has 0 aliphatic carbocycles. The Morgan fingerprint density at radius 2 is 1.68 bits per heavy atom. The standard InChI is InChI=1S/C15H12F5NO3S/c16-25(17,18,19,20)14-3-1-2-12(8-14)21-15(23)10-24-13-6-4-11(9-22)5-7-13/h1-9H,10H2,(H,21,23). The Balaban J connectivity index is 2.02. The summed E-state index contributed by atoms with van der Waals surface area (Å²) in [6.07, 6.45) is 0.613. The van der Waals surface area contributed by atoms with Crippen molar-refractivity contribution in [1.82, 2.24) is 0 Å². The molecule has 0 saturated heterocycles. The van der Waals surface area contributed by atoms with Crippen LogP contribution in [-0.4, -0.2) is 18.8 Å². The minimum Gasteiger partial charge on any atom is -0.484 e. The Morgan fingerprint density at radius 1 is 1.04 bits per heavy atom. The zero-order valence-corrected chi connectivity index (χ0v) is 13.2. The van der Waals surface area contributed by atoms with E-state index in [1.54, 1.807) is 0 Å². The Hall–Kier alpha value is -2.62. The van der Waals surface area contributed by atoms with Crippen LogP contribution in [0.25, 0.3) is 0 Å². The first-order valence-corrected chi connectivity index (χ1v) is 8.64. The summed E-state index contributed by atoms with van der Waals surface area (Å²) in [5.74, 6) is -0.583. The highest BCUT2D eigenvalue weighted by molar-refractivity contribution is 8.45. The molecule has 0 unspecified atom stereocenters. The zero-order chi connectivity index (χ0) is 18.8. The number of nitrogens with one attached hydrogen (secondary N) is 1. The van der Waals surface area contributed by atoms with E-state index in [1.165, 1.54) is 24.3 Å². The number of amides is 1. The summed E-state index contributed by atoms with van der Waals surface area (Å²) in [5, 5.41) is 2.05. The summed E-state index contributed by atoms with van der Waals surface area (Å²) < 4.78 is 68.8. The van der Waals surface area contributed by atoms with Gasteiger partial charge in [0.1, 0.15) is 16.9 Å². The van der Waals surface area contributed by atoms with E-state index < -0.39 is 33.3 Å². The highest BCUT2D eigenvalue weighted by Crippen LogP contribution is 3.02. The second kappa shape index (κ2) is 5.73. The second-order valence-electron chi connectivity index (χ2n) is 5.02. The number of aldehydes is 1. The van der Waals surface area contributed by atoms with Crippen LogP contribution in [0.5, 0.6) is 5.75 Å². The van der Waals surface area contributed by atoms with Crippen LogP contribution < -0.4 is 10.1 Å². The van der Waals surface area contributed by atoms with Gasteiger partial charge in [0.15, 0.2) is 6.61 Å². The van der Waals surface area contributed by atoms with Crippen molar-refractivity contribution in [3.8, 4) is 5.75 Å². The van der Waals surface area contributed by atoms with Crippen LogP contribution in [-0.2, 0) is 4.79 Å². The molecule has 25 heavy (non-hydrogen) atoms. The molecular weight excluding hydrogens is 369 g/mol. The average molecular weight is 381 g/mol. The van der Waals surface area contributed by atoms with E-state index >= 15 is 0 Å². The molecule has 0 spiro atoms. The van der Waals surface area contributed by atoms with Gasteiger partial charge in [-0.25, -0.2) is 0 Å². The second-order valence-corrected chi connectivity index (χ2v) is 7.43. The number of carbonyl (C=O) groups is 2. The monoisotopic (exact) mass is 381 g/mol. The fraction of sp³-hybridized carbons (Fsp3) is 0.0667. The quantitative estimate of drug-likeness (QED) is 0.555. The lowest BCUT2D eigenvalue weighted by Crippen LogP contribution is -2.20. The Kier molecular flexibility index (Phi) is 4.29. The summed E-state index contributed by atoms with van der Waals surface area (Å²) in [4.78, 5) is 20.1. The molecule has 0 heterocycles. The van der Waals surface area contributed by atoms with Crippen molar-refractivity contribution in [2.75, 3.05) is 11.9 Å². The SMILES string of the molecule is O=Cc1ccc(OCC(=O)Nc2cccc(S(F)(F)(F)(F)F)c2)cc1. The maximum atomic E-state index is 12.7. The van der Waals surface area contributed by atoms with Gasteiger partial charge in [0.25, 0.3) is 5.91 Å². The van der Waals surface area contributed by atoms with Crippen LogP contribution in [0.1, 0.15) is 10.4 Å². The molecule has 0 aliphatic heterocycles. The Labute approximate surface area is 139 Å². The fourth-order valence-corrected chi connectivity index (χ4v) is 2.49. The lowest BCUT2D eigenvalue weighted by molar-refractivity contribution is -0.118. The summed E-state index contributed by atoms with van der Waals surface area (Å²) in [5.41, 5.74) is -0.0414. The van der Waals surface area contributed by atoms with Crippen molar-refractivity contribution in [3.05, 3.63) is 54.1 Å². The van der Waals surface area contributed by atoms with E-state index in [0.717, 1.165) is 12.1 Å². The number of hydrogen-bond acceptors (Lipinski definition) is 3. The van der Waals surface area contributed by atoms with Gasteiger partial charge in [-0.3, -0.25) is 9.59 Å². The van der Waals surface area contributed by atoms with Crippen LogP contribution in [0.15, 0.2) is 53.4 Å². The molecule has 0 aliphatic rings. The molecule has 2 aromatic carbocycles. The van der Waals surface area contributed by atoms with Gasteiger partial charge in [-0.1, -0.05) is 25.5 Å². The first-order chi connectivity index (χ1) is 11.4. The number of hydrogen-bond donors (Lipinski definition) is 1. The van der Waals surface area contributed by atoms with Crippen molar-refractivity contribution in [1.29, 1.82) is 0 Å². The molecule has 2 rings (SSSR count). The van der Waals surface area contributed by atoms with Gasteiger partial charge in [-0.15, -0.1) is 0 Å². The molecule has 0 fully saturated rings. The normalized spacial score (nSPS) is 14.1. The third kappa shape index (κ3) is 5.45. The molecule has 0 bridgehead atoms. The van der Waals surface area contributed by atoms with Crippen molar-refractivity contribution in [2.24, 2.45) is 0 Å². The van der Waals surface area contributed by atoms with Crippen molar-refractivity contribution in [2.45, 2.75) is 4.90 Å². The van der Waals surface area contributed by atoms with Gasteiger partial charge in [-0.2, -0.15) is 0 Å². The summed E-state index contributed by atoms with van der Waals surface area (Å²) in [6.45, 7) is -0.554. The number of benzene rings is 2. The van der Waals surface area contributed by atoms with E-state index in [-0.39, 0.29) is 17.9 Å². The third-order valence-electron chi connectivity index (χ3n) is 2.95. The fourth-order valence-electron chi connectivity index (χ4n) is 1.80. The van der Waals surface area contributed by atoms with Crippen LogP contribution in [0.4, 0.5) is 25.1 Å². The maximum Gasteiger partial charge on any atom is 0.310 e. The molecule has 136 valence electrons. The minimum atomic E-state index is -9.82. The van der Waals surface area contributed by atoms with E-state index in [2.05, 4.69) is 0 Å². The van der Waals surface area contributed by atoms with E-state index in [4.69, 9.17) is 4.74 Å². The number of halogens is 5. The predicted octanol–water partition coefficient (Wildman–Crippen LogP) is 5.17. The topological polar surface area (TPSA) is 55.4 Å². The Morgan fingerprint density at radius 3 is 2.24 bits per heavy atom. The molecule has 2 aromatic rings. The maximum absolute atomic E-state index is 12.7. The van der Waals surface area contributed by atoms with Gasteiger partial charge in [0, 0.05) is 11.3 Å². The van der Waals surface area contributed by atoms with Gasteiger partial charge < -0.3 is 10.1 Å². The molecular formula is C15H12F5NO3S. The number of ether oxygens (including phenoxy) is 1. The largest absolute Gasteiger partial charge is 0.484 e. The molecule has 1 N–H and O–H groups in total. The molecule has 1 amide bonds. The number of rotatable bonds is 6. The van der Waals surface area contributed by atoms with E-state index in [0.29, 0.717) is 11.8 Å². The lowest BCUT2D eigenvalue weighted by atomic mass is 10.2. The van der Waals surface area contributed by atoms with Gasteiger partial charge in [0.2, 0.25) is 0 Å². The highest BCUT2D eigenvalue weighted by Gasteiger charge is 2.65. The Bertz CT molecular complexity index is 806. The molecule has 0 atom stereocenters. The van der Waals surface area contributed by atoms with Gasteiger partial charge in [-0.05, 0) is 42.5 Å². The zero-order valence-electron chi connectivity index (χ0n) is 12.4. The lowest BCUT2D eigenvalue weighted by Gasteiger charge is -2.40. The predicted molar refractivity (Wildman–Crippen MR) is 83.8 cm³/mol. The number of anilines is 1.